The summed E-state index contributed by atoms with van der Waals surface area (Å²) >= 11 is 1.16. The van der Waals surface area contributed by atoms with Gasteiger partial charge in [-0.2, -0.15) is 0 Å². The van der Waals surface area contributed by atoms with Crippen LogP contribution in [-0.2, 0) is 11.3 Å². The fraction of sp³-hybridized carbons (Fsp3) is 0.150. The summed E-state index contributed by atoms with van der Waals surface area (Å²) in [5.74, 6) is 0.225. The van der Waals surface area contributed by atoms with E-state index in [1.54, 1.807) is 54.0 Å². The molecule has 10 heteroatoms. The summed E-state index contributed by atoms with van der Waals surface area (Å²) in [5, 5.41) is 32.6. The van der Waals surface area contributed by atoms with Gasteiger partial charge in [0.15, 0.2) is 11.0 Å². The summed E-state index contributed by atoms with van der Waals surface area (Å²) in [6.07, 6.45) is 1.67. The number of benzene rings is 2. The molecule has 0 fully saturated rings. The van der Waals surface area contributed by atoms with Crippen molar-refractivity contribution in [1.29, 1.82) is 0 Å². The first-order valence-corrected chi connectivity index (χ1v) is 9.89. The van der Waals surface area contributed by atoms with Crippen LogP contribution in [-0.4, -0.2) is 36.5 Å². The molecule has 1 heterocycles. The smallest absolute Gasteiger partial charge is 0.274 e. The average Bonchev–Trinajstić information content (AvgIpc) is 3.11. The number of phenolic OH excluding ortho intramolecular Hbond substituents is 1. The Balaban J connectivity index is 1.74. The van der Waals surface area contributed by atoms with Gasteiger partial charge in [0.1, 0.15) is 5.75 Å². The third-order valence-corrected chi connectivity index (χ3v) is 5.16. The number of nitro groups is 1. The standard InChI is InChI=1S/C20H19N5O4S/c1-3-10-24-19(15-6-4-5-7-17(15)26)22-23-20(24)30-12-18(27)21-14-9-8-13(2)16(11-14)25(28)29/h3-9,11,26H,1,10,12H2,2H3,(H,21,27). The van der Waals surface area contributed by atoms with Gasteiger partial charge in [-0.15, -0.1) is 16.8 Å². The zero-order chi connectivity index (χ0) is 21.7. The molecule has 0 spiro atoms. The van der Waals surface area contributed by atoms with Crippen molar-refractivity contribution in [2.45, 2.75) is 18.6 Å². The maximum absolute atomic E-state index is 12.3. The number of aromatic hydroxyl groups is 1. The summed E-state index contributed by atoms with van der Waals surface area (Å²) in [5.41, 5.74) is 1.33. The first kappa shape index (κ1) is 21.1. The minimum Gasteiger partial charge on any atom is -0.507 e. The number of carbonyl (C=O) groups is 1. The molecule has 2 N–H and O–H groups in total. The Morgan fingerprint density at radius 2 is 2.10 bits per heavy atom. The molecule has 154 valence electrons. The molecule has 0 radical (unpaired) electrons. The zero-order valence-electron chi connectivity index (χ0n) is 16.1. The molecular formula is C20H19N5O4S. The normalized spacial score (nSPS) is 10.6. The van der Waals surface area contributed by atoms with Crippen molar-refractivity contribution < 1.29 is 14.8 Å². The van der Waals surface area contributed by atoms with Crippen LogP contribution in [0.2, 0.25) is 0 Å². The van der Waals surface area contributed by atoms with E-state index in [-0.39, 0.29) is 23.1 Å². The number of anilines is 1. The van der Waals surface area contributed by atoms with Crippen LogP contribution in [0.15, 0.2) is 60.3 Å². The molecule has 0 aliphatic heterocycles. The minimum absolute atomic E-state index is 0.0255. The second-order valence-electron chi connectivity index (χ2n) is 6.32. The third-order valence-electron chi connectivity index (χ3n) is 4.20. The van der Waals surface area contributed by atoms with Gasteiger partial charge in [0.25, 0.3) is 5.69 Å². The number of para-hydroxylation sites is 1. The Morgan fingerprint density at radius 1 is 1.33 bits per heavy atom. The van der Waals surface area contributed by atoms with Gasteiger partial charge in [-0.1, -0.05) is 36.0 Å². The van der Waals surface area contributed by atoms with Gasteiger partial charge in [-0.3, -0.25) is 19.5 Å². The predicted molar refractivity (Wildman–Crippen MR) is 115 cm³/mol. The molecular weight excluding hydrogens is 406 g/mol. The topological polar surface area (TPSA) is 123 Å². The molecule has 0 bridgehead atoms. The molecule has 2 aromatic carbocycles. The Kier molecular flexibility index (Phi) is 6.48. The molecule has 0 atom stereocenters. The summed E-state index contributed by atoms with van der Waals surface area (Å²) in [6.45, 7) is 5.76. The zero-order valence-corrected chi connectivity index (χ0v) is 16.9. The van der Waals surface area contributed by atoms with Gasteiger partial charge in [-0.25, -0.2) is 0 Å². The first-order chi connectivity index (χ1) is 14.4. The maximum atomic E-state index is 12.3. The molecule has 0 unspecified atom stereocenters. The van der Waals surface area contributed by atoms with E-state index in [2.05, 4.69) is 22.1 Å². The number of allylic oxidation sites excluding steroid dienone is 1. The Hall–Kier alpha value is -3.66. The molecule has 0 saturated heterocycles. The van der Waals surface area contributed by atoms with Crippen LogP contribution in [0, 0.1) is 17.0 Å². The number of amides is 1. The molecule has 3 aromatic rings. The highest BCUT2D eigenvalue weighted by atomic mass is 32.2. The summed E-state index contributed by atoms with van der Waals surface area (Å²) < 4.78 is 1.75. The first-order valence-electron chi connectivity index (χ1n) is 8.91. The van der Waals surface area contributed by atoms with E-state index in [1.807, 2.05) is 0 Å². The van der Waals surface area contributed by atoms with Crippen LogP contribution < -0.4 is 5.32 Å². The van der Waals surface area contributed by atoms with E-state index in [0.717, 1.165) is 11.8 Å². The van der Waals surface area contributed by atoms with Crippen molar-refractivity contribution in [3.05, 3.63) is 70.8 Å². The molecule has 0 saturated carbocycles. The van der Waals surface area contributed by atoms with Gasteiger partial charge in [0.2, 0.25) is 5.91 Å². The quantitative estimate of drug-likeness (QED) is 0.244. The number of nitrogens with zero attached hydrogens (tertiary/aromatic N) is 4. The van der Waals surface area contributed by atoms with E-state index >= 15 is 0 Å². The van der Waals surface area contributed by atoms with E-state index in [1.165, 1.54) is 6.07 Å². The number of hydrogen-bond donors (Lipinski definition) is 2. The fourth-order valence-corrected chi connectivity index (χ4v) is 3.51. The highest BCUT2D eigenvalue weighted by Crippen LogP contribution is 2.30. The number of nitrogens with one attached hydrogen (secondary N) is 1. The van der Waals surface area contributed by atoms with Crippen molar-refractivity contribution in [3.8, 4) is 17.1 Å². The number of nitro benzene ring substituents is 1. The van der Waals surface area contributed by atoms with Gasteiger partial charge < -0.3 is 10.4 Å². The van der Waals surface area contributed by atoms with E-state index in [9.17, 15) is 20.0 Å². The van der Waals surface area contributed by atoms with Crippen molar-refractivity contribution in [3.63, 3.8) is 0 Å². The van der Waals surface area contributed by atoms with Crippen LogP contribution in [0.3, 0.4) is 0 Å². The number of thioether (sulfide) groups is 1. The van der Waals surface area contributed by atoms with Crippen LogP contribution in [0.5, 0.6) is 5.75 Å². The number of rotatable bonds is 8. The van der Waals surface area contributed by atoms with Crippen molar-refractivity contribution in [2.24, 2.45) is 0 Å². The van der Waals surface area contributed by atoms with E-state index in [4.69, 9.17) is 0 Å². The largest absolute Gasteiger partial charge is 0.507 e. The third kappa shape index (κ3) is 4.66. The highest BCUT2D eigenvalue weighted by molar-refractivity contribution is 7.99. The Labute approximate surface area is 176 Å². The van der Waals surface area contributed by atoms with Crippen LogP contribution >= 0.6 is 11.8 Å². The van der Waals surface area contributed by atoms with E-state index in [0.29, 0.717) is 34.3 Å². The molecule has 1 amide bonds. The number of carbonyl (C=O) groups excluding carboxylic acids is 1. The Morgan fingerprint density at radius 3 is 2.80 bits per heavy atom. The van der Waals surface area contributed by atoms with Crippen LogP contribution in [0.25, 0.3) is 11.4 Å². The lowest BCUT2D eigenvalue weighted by molar-refractivity contribution is -0.385. The minimum atomic E-state index is -0.488. The second-order valence-corrected chi connectivity index (χ2v) is 7.26. The molecule has 0 aliphatic rings. The SMILES string of the molecule is C=CCn1c(SCC(=O)Nc2ccc(C)c([N+](=O)[O-])c2)nnc1-c1ccccc1O. The fourth-order valence-electron chi connectivity index (χ4n) is 2.76. The number of hydrogen-bond acceptors (Lipinski definition) is 7. The summed E-state index contributed by atoms with van der Waals surface area (Å²) in [7, 11) is 0. The predicted octanol–water partition coefficient (Wildman–Crippen LogP) is 3.78. The lowest BCUT2D eigenvalue weighted by atomic mass is 10.2. The van der Waals surface area contributed by atoms with Gasteiger partial charge in [0, 0.05) is 23.9 Å². The van der Waals surface area contributed by atoms with Crippen molar-refractivity contribution >= 4 is 29.0 Å². The maximum Gasteiger partial charge on any atom is 0.274 e. The highest BCUT2D eigenvalue weighted by Gasteiger charge is 2.18. The van der Waals surface area contributed by atoms with Gasteiger partial charge in [0.05, 0.1) is 16.2 Å². The second kappa shape index (κ2) is 9.23. The Bertz CT molecular complexity index is 1110. The molecule has 0 aliphatic carbocycles. The lowest BCUT2D eigenvalue weighted by Crippen LogP contribution is -2.15. The van der Waals surface area contributed by atoms with Crippen LogP contribution in [0.4, 0.5) is 11.4 Å². The van der Waals surface area contributed by atoms with Gasteiger partial charge in [-0.05, 0) is 25.1 Å². The molecule has 3 rings (SSSR count). The lowest BCUT2D eigenvalue weighted by Gasteiger charge is -2.09. The number of phenols is 1. The summed E-state index contributed by atoms with van der Waals surface area (Å²) in [6, 6.07) is 11.3. The number of aryl methyl sites for hydroxylation is 1. The van der Waals surface area contributed by atoms with E-state index < -0.39 is 4.92 Å². The monoisotopic (exact) mass is 425 g/mol. The van der Waals surface area contributed by atoms with Crippen molar-refractivity contribution in [2.75, 3.05) is 11.1 Å². The van der Waals surface area contributed by atoms with Crippen molar-refractivity contribution in [1.82, 2.24) is 14.8 Å². The molecule has 1 aromatic heterocycles. The van der Waals surface area contributed by atoms with Gasteiger partial charge >= 0.3 is 0 Å². The number of aromatic nitrogens is 3. The molecule has 9 nitrogen and oxygen atoms in total. The van der Waals surface area contributed by atoms with Crippen LogP contribution in [0.1, 0.15) is 5.56 Å². The molecule has 30 heavy (non-hydrogen) atoms. The summed E-state index contributed by atoms with van der Waals surface area (Å²) in [4.78, 5) is 22.9. The average molecular weight is 425 g/mol.